The van der Waals surface area contributed by atoms with E-state index in [1.54, 1.807) is 6.20 Å². The molecule has 0 fully saturated rings. The van der Waals surface area contributed by atoms with E-state index in [4.69, 9.17) is 11.5 Å². The fourth-order valence-corrected chi connectivity index (χ4v) is 4.25. The molecule has 5 N–H and O–H groups in total. The molecule has 0 saturated carbocycles. The number of rotatable bonds is 10. The highest BCUT2D eigenvalue weighted by Crippen LogP contribution is 2.36. The quantitative estimate of drug-likeness (QED) is 0.302. The van der Waals surface area contributed by atoms with Crippen molar-refractivity contribution < 1.29 is 0 Å². The molecule has 0 atom stereocenters. The van der Waals surface area contributed by atoms with Gasteiger partial charge >= 0.3 is 0 Å². The van der Waals surface area contributed by atoms with Crippen molar-refractivity contribution >= 4 is 22.2 Å². The molecule has 0 aliphatic heterocycles. The van der Waals surface area contributed by atoms with Crippen molar-refractivity contribution in [2.45, 2.75) is 26.7 Å². The summed E-state index contributed by atoms with van der Waals surface area (Å²) in [6, 6.07) is 17.4. The summed E-state index contributed by atoms with van der Waals surface area (Å²) in [6.45, 7) is 10.8. The Hall–Kier alpha value is -3.24. The number of benzene rings is 3. The fourth-order valence-electron chi connectivity index (χ4n) is 4.25. The molecule has 168 valence electrons. The molecular formula is C28H36N4. The first-order valence-corrected chi connectivity index (χ1v) is 11.4. The van der Waals surface area contributed by atoms with Crippen LogP contribution >= 0.6 is 0 Å². The molecular weight excluding hydrogens is 392 g/mol. The Balaban J connectivity index is 2.10. The molecule has 0 radical (unpaired) electrons. The number of nitrogens with two attached hydrogens (primary N) is 2. The first-order valence-electron chi connectivity index (χ1n) is 11.4. The number of nitrogens with zero attached hydrogens (tertiary/aromatic N) is 1. The molecule has 3 aromatic rings. The van der Waals surface area contributed by atoms with Gasteiger partial charge in [-0.05, 0) is 72.0 Å². The Morgan fingerprint density at radius 1 is 1.09 bits per heavy atom. The zero-order chi connectivity index (χ0) is 23.1. The molecule has 0 unspecified atom stereocenters. The largest absolute Gasteiger partial charge is 0.403 e. The van der Waals surface area contributed by atoms with Gasteiger partial charge in [-0.15, -0.1) is 6.58 Å². The number of fused-ring (bicyclic) bond motifs is 1. The lowest BCUT2D eigenvalue weighted by atomic mass is 9.90. The molecule has 0 bridgehead atoms. The van der Waals surface area contributed by atoms with Crippen LogP contribution in [0.4, 0.5) is 5.69 Å². The molecule has 0 heterocycles. The first kappa shape index (κ1) is 23.4. The van der Waals surface area contributed by atoms with E-state index in [1.165, 1.54) is 33.0 Å². The van der Waals surface area contributed by atoms with E-state index in [9.17, 15) is 0 Å². The summed E-state index contributed by atoms with van der Waals surface area (Å²) in [6.07, 6.45) is 5.49. The van der Waals surface area contributed by atoms with E-state index in [1.807, 2.05) is 13.1 Å². The summed E-state index contributed by atoms with van der Waals surface area (Å²) in [5.74, 6) is 0. The highest BCUT2D eigenvalue weighted by Gasteiger charge is 2.17. The molecule has 0 amide bonds. The van der Waals surface area contributed by atoms with E-state index < -0.39 is 0 Å². The van der Waals surface area contributed by atoms with Crippen molar-refractivity contribution in [2.24, 2.45) is 5.73 Å². The summed E-state index contributed by atoms with van der Waals surface area (Å²) in [5, 5.41) is 5.73. The first-order chi connectivity index (χ1) is 15.5. The summed E-state index contributed by atoms with van der Waals surface area (Å²) in [7, 11) is 1.96. The molecule has 4 nitrogen and oxygen atoms in total. The maximum absolute atomic E-state index is 6.65. The van der Waals surface area contributed by atoms with Crippen LogP contribution in [0.15, 0.2) is 67.4 Å². The van der Waals surface area contributed by atoms with E-state index in [0.717, 1.165) is 49.4 Å². The minimum absolute atomic E-state index is 0.737. The van der Waals surface area contributed by atoms with Crippen molar-refractivity contribution in [3.05, 3.63) is 84.1 Å². The number of hydrogen-bond acceptors (Lipinski definition) is 4. The van der Waals surface area contributed by atoms with Crippen molar-refractivity contribution in [1.82, 2.24) is 10.2 Å². The van der Waals surface area contributed by atoms with Gasteiger partial charge in [0.1, 0.15) is 0 Å². The Morgan fingerprint density at radius 3 is 2.56 bits per heavy atom. The van der Waals surface area contributed by atoms with E-state index in [0.29, 0.717) is 0 Å². The zero-order valence-corrected chi connectivity index (χ0v) is 19.6. The van der Waals surface area contributed by atoms with Crippen LogP contribution in [0.3, 0.4) is 0 Å². The molecule has 0 saturated heterocycles. The van der Waals surface area contributed by atoms with Gasteiger partial charge in [0.15, 0.2) is 0 Å². The third kappa shape index (κ3) is 4.97. The molecule has 0 aromatic heterocycles. The molecule has 3 aromatic carbocycles. The van der Waals surface area contributed by atoms with Gasteiger partial charge in [0, 0.05) is 37.1 Å². The van der Waals surface area contributed by atoms with Crippen LogP contribution in [-0.2, 0) is 6.42 Å². The fraction of sp³-hybridized carbons (Fsp3) is 0.286. The second kappa shape index (κ2) is 10.9. The van der Waals surface area contributed by atoms with Crippen LogP contribution < -0.4 is 16.8 Å². The van der Waals surface area contributed by atoms with Crippen molar-refractivity contribution in [3.63, 3.8) is 0 Å². The molecule has 32 heavy (non-hydrogen) atoms. The van der Waals surface area contributed by atoms with Crippen LogP contribution in [0.1, 0.15) is 30.0 Å². The molecule has 0 aliphatic rings. The lowest BCUT2D eigenvalue weighted by Crippen LogP contribution is -2.31. The van der Waals surface area contributed by atoms with Crippen LogP contribution in [0, 0.1) is 6.92 Å². The monoisotopic (exact) mass is 428 g/mol. The Kier molecular flexibility index (Phi) is 7.96. The third-order valence-electron chi connectivity index (χ3n) is 6.03. The SMILES string of the molecule is C=CCCN(CCNC)/C(=C/N)c1cc(C)c(-c2cc(CC)cc3ccccc23)cc1N. The van der Waals surface area contributed by atoms with Gasteiger partial charge in [-0.25, -0.2) is 0 Å². The van der Waals surface area contributed by atoms with E-state index in [2.05, 4.69) is 79.2 Å². The number of nitrogens with one attached hydrogen (secondary N) is 1. The summed E-state index contributed by atoms with van der Waals surface area (Å²) < 4.78 is 0. The Morgan fingerprint density at radius 2 is 1.88 bits per heavy atom. The normalized spacial score (nSPS) is 11.7. The van der Waals surface area contributed by atoms with Crippen LogP contribution in [0.2, 0.25) is 0 Å². The summed E-state index contributed by atoms with van der Waals surface area (Å²) in [5.41, 5.74) is 20.4. The van der Waals surface area contributed by atoms with Gasteiger partial charge < -0.3 is 21.7 Å². The van der Waals surface area contributed by atoms with Gasteiger partial charge in [0.2, 0.25) is 0 Å². The number of nitrogen functional groups attached to an aromatic ring is 1. The van der Waals surface area contributed by atoms with Gasteiger partial charge in [-0.2, -0.15) is 0 Å². The predicted octanol–water partition coefficient (Wildman–Crippen LogP) is 5.31. The molecule has 0 aliphatic carbocycles. The Bertz CT molecular complexity index is 1110. The average Bonchev–Trinajstić information content (AvgIpc) is 2.81. The predicted molar refractivity (Wildman–Crippen MR) is 140 cm³/mol. The number of anilines is 1. The number of likely N-dealkylation sites (N-methyl/N-ethyl adjacent to an activating group) is 1. The van der Waals surface area contributed by atoms with Crippen molar-refractivity contribution in [3.8, 4) is 11.1 Å². The summed E-state index contributed by atoms with van der Waals surface area (Å²) in [4.78, 5) is 2.27. The Labute approximate surface area is 192 Å². The lowest BCUT2D eigenvalue weighted by Gasteiger charge is -2.28. The van der Waals surface area contributed by atoms with Crippen LogP contribution in [-0.4, -0.2) is 31.6 Å². The molecule has 3 rings (SSSR count). The minimum Gasteiger partial charge on any atom is -0.403 e. The second-order valence-corrected chi connectivity index (χ2v) is 8.19. The van der Waals surface area contributed by atoms with Gasteiger partial charge in [-0.3, -0.25) is 0 Å². The number of hydrogen-bond donors (Lipinski definition) is 3. The highest BCUT2D eigenvalue weighted by atomic mass is 15.2. The zero-order valence-electron chi connectivity index (χ0n) is 19.6. The molecule has 0 spiro atoms. The van der Waals surface area contributed by atoms with E-state index in [-0.39, 0.29) is 0 Å². The van der Waals surface area contributed by atoms with Gasteiger partial charge in [0.25, 0.3) is 0 Å². The van der Waals surface area contributed by atoms with Gasteiger partial charge in [-0.1, -0.05) is 49.4 Å². The maximum Gasteiger partial charge on any atom is 0.0618 e. The topological polar surface area (TPSA) is 67.3 Å². The molecule has 4 heteroatoms. The smallest absolute Gasteiger partial charge is 0.0618 e. The van der Waals surface area contributed by atoms with Crippen LogP contribution in [0.25, 0.3) is 27.6 Å². The lowest BCUT2D eigenvalue weighted by molar-refractivity contribution is 0.402. The number of aryl methyl sites for hydroxylation is 2. The summed E-state index contributed by atoms with van der Waals surface area (Å²) >= 11 is 0. The van der Waals surface area contributed by atoms with Crippen molar-refractivity contribution in [2.75, 3.05) is 32.4 Å². The average molecular weight is 429 g/mol. The third-order valence-corrected chi connectivity index (χ3v) is 6.03. The van der Waals surface area contributed by atoms with Gasteiger partial charge in [0.05, 0.1) is 5.70 Å². The van der Waals surface area contributed by atoms with Crippen LogP contribution in [0.5, 0.6) is 0 Å². The van der Waals surface area contributed by atoms with Crippen molar-refractivity contribution in [1.29, 1.82) is 0 Å². The highest BCUT2D eigenvalue weighted by molar-refractivity contribution is 5.99. The second-order valence-electron chi connectivity index (χ2n) is 8.19. The van der Waals surface area contributed by atoms with E-state index >= 15 is 0 Å². The standard InChI is InChI=1S/C28H36N4/c1-5-7-13-32(14-12-31-4)28(19-29)26-15-20(3)24(18-27(26)30)25-17-21(6-2)16-22-10-8-9-11-23(22)25/h5,8-11,15-19,31H,1,6-7,12-14,29-30H2,2-4H3/b28-19+. The maximum atomic E-state index is 6.65. The minimum atomic E-state index is 0.737.